The zero-order valence-corrected chi connectivity index (χ0v) is 29.9. The molecule has 5 amide bonds. The van der Waals surface area contributed by atoms with E-state index in [2.05, 4.69) is 45.4 Å². The molecule has 15 nitrogen and oxygen atoms in total. The lowest BCUT2D eigenvalue weighted by molar-refractivity contribution is -0.122. The first-order valence-corrected chi connectivity index (χ1v) is 18.7. The number of carbonyl (C=O) groups excluding carboxylic acids is 4. The molecule has 49 heavy (non-hydrogen) atoms. The number of rotatable bonds is 23. The van der Waals surface area contributed by atoms with Gasteiger partial charge in [-0.1, -0.05) is 20.3 Å². The number of carbonyl (C=O) groups is 4. The number of nitrogens with one attached hydrogen (secondary N) is 5. The summed E-state index contributed by atoms with van der Waals surface area (Å²) in [6.07, 6.45) is 8.78. The molecule has 5 N–H and O–H groups in total. The Morgan fingerprint density at radius 1 is 1.04 bits per heavy atom. The first-order valence-electron chi connectivity index (χ1n) is 17.7. The van der Waals surface area contributed by atoms with E-state index >= 15 is 0 Å². The molecular formula is C33H55N7O8S. The topological polar surface area (TPSA) is 183 Å². The number of hydrogen-bond acceptors (Lipinski definition) is 10. The van der Waals surface area contributed by atoms with E-state index in [-0.39, 0.29) is 60.6 Å². The molecule has 4 rings (SSSR count). The quantitative estimate of drug-likeness (QED) is 0.0829. The minimum atomic E-state index is -0.362. The number of urea groups is 1. The number of nitrogens with zero attached hydrogens (tertiary/aromatic N) is 2. The van der Waals surface area contributed by atoms with Crippen molar-refractivity contribution in [3.8, 4) is 0 Å². The number of fused-ring (bicyclic) bond motifs is 1. The second kappa shape index (κ2) is 20.7. The van der Waals surface area contributed by atoms with Crippen molar-refractivity contribution in [2.24, 2.45) is 5.92 Å². The van der Waals surface area contributed by atoms with Gasteiger partial charge >= 0.3 is 6.03 Å². The first kappa shape index (κ1) is 38.9. The Hall–Kier alpha value is -2.92. The Morgan fingerprint density at radius 3 is 2.43 bits per heavy atom. The molecule has 3 fully saturated rings. The summed E-state index contributed by atoms with van der Waals surface area (Å²) in [5, 5.41) is 14.9. The molecule has 1 unspecified atom stereocenters. The van der Waals surface area contributed by atoms with E-state index in [1.165, 1.54) is 0 Å². The van der Waals surface area contributed by atoms with E-state index in [4.69, 9.17) is 18.9 Å². The van der Waals surface area contributed by atoms with Gasteiger partial charge < -0.3 is 50.1 Å². The van der Waals surface area contributed by atoms with Crippen molar-refractivity contribution in [2.45, 2.75) is 101 Å². The van der Waals surface area contributed by atoms with Crippen molar-refractivity contribution < 1.29 is 38.1 Å². The van der Waals surface area contributed by atoms with Crippen LogP contribution in [0.5, 0.6) is 0 Å². The molecule has 0 saturated carbocycles. The number of hydrogen-bond donors (Lipinski definition) is 5. The van der Waals surface area contributed by atoms with Crippen LogP contribution in [0.2, 0.25) is 0 Å². The van der Waals surface area contributed by atoms with Crippen LogP contribution in [0.1, 0.15) is 82.4 Å². The summed E-state index contributed by atoms with van der Waals surface area (Å²) in [6, 6.07) is 0.0163. The first-order chi connectivity index (χ1) is 23.7. The second-order valence-electron chi connectivity index (χ2n) is 13.0. The Bertz CT molecular complexity index is 1210. The maximum absolute atomic E-state index is 12.6. The van der Waals surface area contributed by atoms with Crippen molar-refractivity contribution in [1.82, 2.24) is 36.1 Å². The highest BCUT2D eigenvalue weighted by Gasteiger charge is 2.42. The fourth-order valence-electron chi connectivity index (χ4n) is 6.27. The lowest BCUT2D eigenvalue weighted by Gasteiger charge is -2.16. The molecule has 3 aliphatic rings. The van der Waals surface area contributed by atoms with Gasteiger partial charge in [-0.25, -0.2) is 9.78 Å². The highest BCUT2D eigenvalue weighted by molar-refractivity contribution is 8.00. The smallest absolute Gasteiger partial charge is 0.315 e. The molecule has 276 valence electrons. The summed E-state index contributed by atoms with van der Waals surface area (Å²) in [5.41, 5.74) is 0.296. The number of aromatic nitrogens is 2. The summed E-state index contributed by atoms with van der Waals surface area (Å²) >= 11 is 1.89. The van der Waals surface area contributed by atoms with Gasteiger partial charge in [-0.3, -0.25) is 14.4 Å². The fraction of sp³-hybridized carbons (Fsp3) is 0.788. The number of unbranched alkanes of at least 4 members (excludes halogenated alkanes) is 1. The SMILES string of the molecule is CC[C@@H]1CC(C)[C@H](n2cnc(C(=O)N[C@@H](C)CC(=O)NCCOCCOCCOCCNC(=O)CCCC[C@@H]3SC[C@H]4NC(=O)N[C@@H]34)c2)O1. The Morgan fingerprint density at radius 2 is 1.73 bits per heavy atom. The van der Waals surface area contributed by atoms with E-state index in [1.54, 1.807) is 19.4 Å². The van der Waals surface area contributed by atoms with E-state index < -0.39 is 0 Å². The van der Waals surface area contributed by atoms with Gasteiger partial charge in [0.1, 0.15) is 11.9 Å². The largest absolute Gasteiger partial charge is 0.377 e. The molecule has 1 aromatic heterocycles. The van der Waals surface area contributed by atoms with E-state index in [0.29, 0.717) is 76.0 Å². The molecule has 1 aromatic rings. The van der Waals surface area contributed by atoms with Crippen molar-refractivity contribution in [2.75, 3.05) is 58.5 Å². The van der Waals surface area contributed by atoms with Crippen LogP contribution in [0.3, 0.4) is 0 Å². The maximum atomic E-state index is 12.6. The second-order valence-corrected chi connectivity index (χ2v) is 14.2. The van der Waals surface area contributed by atoms with Gasteiger partial charge in [0, 0.05) is 55.1 Å². The van der Waals surface area contributed by atoms with Gasteiger partial charge in [-0.05, 0) is 32.6 Å². The van der Waals surface area contributed by atoms with Crippen LogP contribution in [-0.4, -0.2) is 121 Å². The Labute approximate surface area is 293 Å². The molecule has 4 heterocycles. The van der Waals surface area contributed by atoms with Crippen LogP contribution in [0.15, 0.2) is 12.5 Å². The highest BCUT2D eigenvalue weighted by Crippen LogP contribution is 2.35. The molecule has 0 spiro atoms. The van der Waals surface area contributed by atoms with Crippen molar-refractivity contribution in [3.05, 3.63) is 18.2 Å². The van der Waals surface area contributed by atoms with E-state index in [0.717, 1.165) is 37.9 Å². The van der Waals surface area contributed by atoms with Crippen LogP contribution in [-0.2, 0) is 28.5 Å². The summed E-state index contributed by atoms with van der Waals surface area (Å²) in [5.74, 6) is 0.809. The Kier molecular flexibility index (Phi) is 16.4. The van der Waals surface area contributed by atoms with E-state index in [9.17, 15) is 19.2 Å². The van der Waals surface area contributed by atoms with Crippen molar-refractivity contribution in [1.29, 1.82) is 0 Å². The molecule has 3 aliphatic heterocycles. The molecule has 16 heteroatoms. The zero-order chi connectivity index (χ0) is 35.0. The van der Waals surface area contributed by atoms with Crippen molar-refractivity contribution in [3.63, 3.8) is 0 Å². The molecule has 0 aromatic carbocycles. The van der Waals surface area contributed by atoms with E-state index in [1.807, 2.05) is 16.3 Å². The summed E-state index contributed by atoms with van der Waals surface area (Å²) in [4.78, 5) is 52.7. The van der Waals surface area contributed by atoms with Gasteiger partial charge in [0.15, 0.2) is 0 Å². The number of amides is 5. The molecule has 3 saturated heterocycles. The number of thioether (sulfide) groups is 1. The maximum Gasteiger partial charge on any atom is 0.315 e. The van der Waals surface area contributed by atoms with Crippen LogP contribution in [0, 0.1) is 5.92 Å². The van der Waals surface area contributed by atoms with Crippen LogP contribution < -0.4 is 26.6 Å². The summed E-state index contributed by atoms with van der Waals surface area (Å²) in [7, 11) is 0. The normalized spacial score (nSPS) is 25.0. The van der Waals surface area contributed by atoms with Gasteiger partial charge in [0.05, 0.1) is 64.2 Å². The van der Waals surface area contributed by atoms with Crippen molar-refractivity contribution >= 4 is 35.5 Å². The minimum absolute atomic E-state index is 0.0245. The number of imidazole rings is 1. The lowest BCUT2D eigenvalue weighted by Crippen LogP contribution is -2.38. The minimum Gasteiger partial charge on any atom is -0.377 e. The fourth-order valence-corrected chi connectivity index (χ4v) is 7.81. The summed E-state index contributed by atoms with van der Waals surface area (Å²) < 4.78 is 24.4. The van der Waals surface area contributed by atoms with Crippen LogP contribution in [0.4, 0.5) is 4.79 Å². The van der Waals surface area contributed by atoms with Crippen LogP contribution in [0.25, 0.3) is 0 Å². The molecule has 7 atom stereocenters. The monoisotopic (exact) mass is 709 g/mol. The molecular weight excluding hydrogens is 654 g/mol. The third-order valence-corrected chi connectivity index (χ3v) is 10.4. The third-order valence-electron chi connectivity index (χ3n) is 8.87. The van der Waals surface area contributed by atoms with Gasteiger partial charge in [0.2, 0.25) is 11.8 Å². The average molecular weight is 710 g/mol. The third kappa shape index (κ3) is 13.0. The standard InChI is InChI=1S/C33H55N7O8S/c1-4-24-17-22(2)32(48-24)40-19-25(36-21-40)31(43)37-23(3)18-29(42)35-10-12-46-14-16-47-15-13-45-11-9-34-28(41)8-6-5-7-27-30-26(20-49-27)38-33(44)39-30/h19,21-24,26-27,30,32H,4-18,20H2,1-3H3,(H,34,41)(H,35,42)(H,37,43)(H2,38,39,44)/t22?,23-,24+,26+,27-,30+,32+/m0/s1. The predicted octanol–water partition coefficient (Wildman–Crippen LogP) is 1.73. The van der Waals surface area contributed by atoms with Crippen LogP contribution >= 0.6 is 11.8 Å². The average Bonchev–Trinajstić information content (AvgIpc) is 3.86. The zero-order valence-electron chi connectivity index (χ0n) is 29.1. The lowest BCUT2D eigenvalue weighted by atomic mass is 10.0. The summed E-state index contributed by atoms with van der Waals surface area (Å²) in [6.45, 7) is 9.23. The number of ether oxygens (including phenoxy) is 4. The predicted molar refractivity (Wildman–Crippen MR) is 184 cm³/mol. The van der Waals surface area contributed by atoms with Gasteiger partial charge in [-0.15, -0.1) is 0 Å². The highest BCUT2D eigenvalue weighted by atomic mass is 32.2. The molecule has 0 bridgehead atoms. The van der Waals surface area contributed by atoms with Gasteiger partial charge in [-0.2, -0.15) is 11.8 Å². The molecule has 0 radical (unpaired) electrons. The Balaban J connectivity index is 0.897. The molecule has 0 aliphatic carbocycles. The van der Waals surface area contributed by atoms with Gasteiger partial charge in [0.25, 0.3) is 5.91 Å².